The summed E-state index contributed by atoms with van der Waals surface area (Å²) in [6.45, 7) is 4.91. The second kappa shape index (κ2) is 7.28. The first kappa shape index (κ1) is 19.4. The van der Waals surface area contributed by atoms with E-state index in [2.05, 4.69) is 24.4 Å². The van der Waals surface area contributed by atoms with Gasteiger partial charge in [-0.3, -0.25) is 4.79 Å². The SMILES string of the molecule is COc1ccc(CCNCC2C(=O)OC3CC4(C)CCCC5(CO5)C4CC32)cc1. The van der Waals surface area contributed by atoms with Crippen LogP contribution in [-0.4, -0.2) is 44.5 Å². The maximum atomic E-state index is 12.7. The third-order valence-corrected chi connectivity index (χ3v) is 8.19. The lowest BCUT2D eigenvalue weighted by atomic mass is 9.53. The standard InChI is InChI=1S/C24H33NO4/c1-23-9-3-10-24(15-28-24)21(23)12-18-19(22(26)29-20(18)13-23)14-25-11-8-16-4-6-17(27-2)7-5-16/h4-7,18-21,25H,3,8-15H2,1-2H3. The van der Waals surface area contributed by atoms with Gasteiger partial charge in [0, 0.05) is 12.5 Å². The molecule has 29 heavy (non-hydrogen) atoms. The molecule has 5 rings (SSSR count). The fraction of sp³-hybridized carbons (Fsp3) is 0.708. The number of carbonyl (C=O) groups is 1. The maximum Gasteiger partial charge on any atom is 0.310 e. The highest BCUT2D eigenvalue weighted by Crippen LogP contribution is 2.62. The molecule has 0 bridgehead atoms. The zero-order valence-corrected chi connectivity index (χ0v) is 17.6. The van der Waals surface area contributed by atoms with Crippen molar-refractivity contribution in [2.45, 2.75) is 57.2 Å². The molecule has 2 aliphatic heterocycles. The molecule has 2 saturated heterocycles. The second-order valence-corrected chi connectivity index (χ2v) is 9.90. The van der Waals surface area contributed by atoms with Crippen molar-refractivity contribution in [1.29, 1.82) is 0 Å². The highest BCUT2D eigenvalue weighted by molar-refractivity contribution is 5.75. The minimum Gasteiger partial charge on any atom is -0.497 e. The van der Waals surface area contributed by atoms with Crippen LogP contribution in [0.2, 0.25) is 0 Å². The minimum atomic E-state index is -0.0156. The van der Waals surface area contributed by atoms with Crippen molar-refractivity contribution < 1.29 is 19.0 Å². The summed E-state index contributed by atoms with van der Waals surface area (Å²) in [6.07, 6.45) is 6.83. The van der Waals surface area contributed by atoms with Crippen molar-refractivity contribution in [3.63, 3.8) is 0 Å². The zero-order chi connectivity index (χ0) is 20.1. The highest BCUT2D eigenvalue weighted by Gasteiger charge is 2.64. The first-order valence-corrected chi connectivity index (χ1v) is 11.2. The van der Waals surface area contributed by atoms with E-state index in [0.29, 0.717) is 18.4 Å². The summed E-state index contributed by atoms with van der Waals surface area (Å²) in [5.74, 6) is 1.79. The Morgan fingerprint density at radius 2 is 2.03 bits per heavy atom. The van der Waals surface area contributed by atoms with Crippen molar-refractivity contribution >= 4 is 5.97 Å². The Hall–Kier alpha value is -1.59. The Kier molecular flexibility index (Phi) is 4.86. The summed E-state index contributed by atoms with van der Waals surface area (Å²) < 4.78 is 17.1. The number of esters is 1. The van der Waals surface area contributed by atoms with Gasteiger partial charge in [0.1, 0.15) is 11.9 Å². The summed E-state index contributed by atoms with van der Waals surface area (Å²) in [5, 5.41) is 3.52. The average Bonchev–Trinajstić information content (AvgIpc) is 3.41. The number of hydrogen-bond acceptors (Lipinski definition) is 5. The van der Waals surface area contributed by atoms with Gasteiger partial charge < -0.3 is 19.5 Å². The first-order valence-electron chi connectivity index (χ1n) is 11.2. The lowest BCUT2D eigenvalue weighted by Crippen LogP contribution is -2.51. The maximum absolute atomic E-state index is 12.7. The third kappa shape index (κ3) is 3.46. The van der Waals surface area contributed by atoms with E-state index in [0.717, 1.165) is 38.2 Å². The number of nitrogens with one attached hydrogen (secondary N) is 1. The molecule has 4 aliphatic rings. The molecule has 1 N–H and O–H groups in total. The van der Waals surface area contributed by atoms with Crippen LogP contribution in [0, 0.1) is 23.2 Å². The third-order valence-electron chi connectivity index (χ3n) is 8.19. The Bertz CT molecular complexity index is 759. The normalized spacial score (nSPS) is 40.3. The molecule has 6 unspecified atom stereocenters. The smallest absolute Gasteiger partial charge is 0.310 e. The predicted octanol–water partition coefficient (Wildman–Crippen LogP) is 3.35. The first-order chi connectivity index (χ1) is 14.0. The molecule has 0 amide bonds. The summed E-state index contributed by atoms with van der Waals surface area (Å²) in [6, 6.07) is 8.18. The van der Waals surface area contributed by atoms with Crippen LogP contribution >= 0.6 is 0 Å². The number of ether oxygens (including phenoxy) is 3. The van der Waals surface area contributed by atoms with E-state index in [9.17, 15) is 4.79 Å². The van der Waals surface area contributed by atoms with Crippen LogP contribution in [0.5, 0.6) is 5.75 Å². The van der Waals surface area contributed by atoms with Gasteiger partial charge in [-0.2, -0.15) is 0 Å². The molecule has 2 heterocycles. The van der Waals surface area contributed by atoms with Gasteiger partial charge in [0.15, 0.2) is 0 Å². The summed E-state index contributed by atoms with van der Waals surface area (Å²) in [5.41, 5.74) is 1.66. The van der Waals surface area contributed by atoms with E-state index >= 15 is 0 Å². The molecule has 158 valence electrons. The van der Waals surface area contributed by atoms with Crippen LogP contribution in [0.4, 0.5) is 0 Å². The quantitative estimate of drug-likeness (QED) is 0.452. The number of fused-ring (bicyclic) bond motifs is 3. The molecule has 6 atom stereocenters. The molecule has 0 aromatic heterocycles. The molecular weight excluding hydrogens is 366 g/mol. The fourth-order valence-electron chi connectivity index (χ4n) is 6.47. The molecule has 0 radical (unpaired) electrons. The predicted molar refractivity (Wildman–Crippen MR) is 110 cm³/mol. The molecule has 5 heteroatoms. The highest BCUT2D eigenvalue weighted by atomic mass is 16.6. The van der Waals surface area contributed by atoms with Gasteiger partial charge in [-0.1, -0.05) is 19.1 Å². The number of methoxy groups -OCH3 is 1. The van der Waals surface area contributed by atoms with Crippen LogP contribution in [0.1, 0.15) is 44.6 Å². The molecule has 5 nitrogen and oxygen atoms in total. The van der Waals surface area contributed by atoms with Crippen LogP contribution < -0.4 is 10.1 Å². The van der Waals surface area contributed by atoms with Gasteiger partial charge in [-0.05, 0) is 74.1 Å². The lowest BCUT2D eigenvalue weighted by molar-refractivity contribution is -0.147. The Balaban J connectivity index is 1.18. The second-order valence-electron chi connectivity index (χ2n) is 9.90. The van der Waals surface area contributed by atoms with Crippen molar-refractivity contribution in [3.05, 3.63) is 29.8 Å². The number of rotatable bonds is 6. The van der Waals surface area contributed by atoms with E-state index in [1.807, 2.05) is 12.1 Å². The summed E-state index contributed by atoms with van der Waals surface area (Å²) in [4.78, 5) is 12.7. The van der Waals surface area contributed by atoms with E-state index in [-0.39, 0.29) is 29.0 Å². The average molecular weight is 400 g/mol. The van der Waals surface area contributed by atoms with Gasteiger partial charge >= 0.3 is 5.97 Å². The van der Waals surface area contributed by atoms with Crippen LogP contribution in [0.25, 0.3) is 0 Å². The lowest BCUT2D eigenvalue weighted by Gasteiger charge is -2.51. The van der Waals surface area contributed by atoms with Crippen LogP contribution in [0.15, 0.2) is 24.3 Å². The van der Waals surface area contributed by atoms with E-state index in [4.69, 9.17) is 14.2 Å². The number of benzene rings is 1. The van der Waals surface area contributed by atoms with Crippen molar-refractivity contribution in [1.82, 2.24) is 5.32 Å². The van der Waals surface area contributed by atoms with Gasteiger partial charge in [-0.25, -0.2) is 0 Å². The van der Waals surface area contributed by atoms with Crippen molar-refractivity contribution in [2.75, 3.05) is 26.8 Å². The number of carbonyl (C=O) groups excluding carboxylic acids is 1. The van der Waals surface area contributed by atoms with Gasteiger partial charge in [0.05, 0.1) is 25.2 Å². The molecule has 1 aromatic rings. The van der Waals surface area contributed by atoms with Gasteiger partial charge in [-0.15, -0.1) is 0 Å². The van der Waals surface area contributed by atoms with Crippen molar-refractivity contribution in [2.24, 2.45) is 23.2 Å². The number of hydrogen-bond donors (Lipinski definition) is 1. The fourth-order valence-corrected chi connectivity index (χ4v) is 6.47. The topological polar surface area (TPSA) is 60.1 Å². The van der Waals surface area contributed by atoms with Crippen LogP contribution in [0.3, 0.4) is 0 Å². The summed E-state index contributed by atoms with van der Waals surface area (Å²) >= 11 is 0. The molecule has 2 saturated carbocycles. The molecule has 1 aromatic carbocycles. The monoisotopic (exact) mass is 399 g/mol. The van der Waals surface area contributed by atoms with Crippen molar-refractivity contribution in [3.8, 4) is 5.75 Å². The Labute approximate surface area is 173 Å². The zero-order valence-electron chi connectivity index (χ0n) is 17.6. The minimum absolute atomic E-state index is 0.00459. The number of epoxide rings is 1. The van der Waals surface area contributed by atoms with Gasteiger partial charge in [0.25, 0.3) is 0 Å². The van der Waals surface area contributed by atoms with E-state index in [1.54, 1.807) is 7.11 Å². The Morgan fingerprint density at radius 1 is 1.24 bits per heavy atom. The van der Waals surface area contributed by atoms with E-state index < -0.39 is 0 Å². The van der Waals surface area contributed by atoms with E-state index in [1.165, 1.54) is 24.8 Å². The summed E-state index contributed by atoms with van der Waals surface area (Å²) in [7, 11) is 1.68. The Morgan fingerprint density at radius 3 is 2.76 bits per heavy atom. The molecular formula is C24H33NO4. The largest absolute Gasteiger partial charge is 0.497 e. The molecule has 2 aliphatic carbocycles. The van der Waals surface area contributed by atoms with Crippen LogP contribution in [-0.2, 0) is 20.7 Å². The molecule has 4 fully saturated rings. The molecule has 1 spiro atoms. The van der Waals surface area contributed by atoms with Gasteiger partial charge in [0.2, 0.25) is 0 Å².